The average molecular weight is 414 g/mol. The fourth-order valence-corrected chi connectivity index (χ4v) is 3.56. The summed E-state index contributed by atoms with van der Waals surface area (Å²) in [5.41, 5.74) is 4.48. The lowest BCUT2D eigenvalue weighted by molar-refractivity contribution is -0.137. The highest BCUT2D eigenvalue weighted by Crippen LogP contribution is 2.38. The van der Waals surface area contributed by atoms with Crippen molar-refractivity contribution in [2.24, 2.45) is 5.73 Å². The molecular formula is C19H25F3N4O3. The van der Waals surface area contributed by atoms with Crippen LogP contribution in [0.3, 0.4) is 0 Å². The Kier molecular flexibility index (Phi) is 6.45. The van der Waals surface area contributed by atoms with Crippen molar-refractivity contribution in [1.29, 1.82) is 0 Å². The summed E-state index contributed by atoms with van der Waals surface area (Å²) in [6.45, 7) is 0.243. The number of ether oxygens (including phenoxy) is 1. The smallest absolute Gasteiger partial charge is 0.370 e. The van der Waals surface area contributed by atoms with E-state index in [0.29, 0.717) is 0 Å². The van der Waals surface area contributed by atoms with Crippen molar-refractivity contribution in [3.63, 3.8) is 0 Å². The molecule has 2 aliphatic rings. The normalized spacial score (nSPS) is 19.2. The standard InChI is InChI=1S/C19H25F3N4O3/c1-25(12-3-2-4-12)16(10-23)18(28)24-15-6-5-13(9-14(15)19(20,21)22)26-7-8-29-11-17(26)27/h5-6,9,12,16H,2-4,7-8,10-11,23H2,1H3,(H,24,28)/t16-/m1/s1. The monoisotopic (exact) mass is 414 g/mol. The highest BCUT2D eigenvalue weighted by atomic mass is 19.4. The predicted molar refractivity (Wildman–Crippen MR) is 101 cm³/mol. The van der Waals surface area contributed by atoms with Gasteiger partial charge in [-0.3, -0.25) is 14.5 Å². The van der Waals surface area contributed by atoms with Crippen LogP contribution >= 0.6 is 0 Å². The van der Waals surface area contributed by atoms with Gasteiger partial charge in [0, 0.05) is 24.8 Å². The number of morpholine rings is 1. The van der Waals surface area contributed by atoms with Crippen molar-refractivity contribution in [2.75, 3.05) is 43.6 Å². The third-order valence-electron chi connectivity index (χ3n) is 5.53. The van der Waals surface area contributed by atoms with Crippen LogP contribution in [0.5, 0.6) is 0 Å². The summed E-state index contributed by atoms with van der Waals surface area (Å²) in [5.74, 6) is -0.992. The maximum atomic E-state index is 13.7. The Balaban J connectivity index is 1.84. The number of carbonyl (C=O) groups is 2. The van der Waals surface area contributed by atoms with Gasteiger partial charge in [-0.1, -0.05) is 6.42 Å². The second-order valence-electron chi connectivity index (χ2n) is 7.32. The third-order valence-corrected chi connectivity index (χ3v) is 5.53. The van der Waals surface area contributed by atoms with E-state index in [1.165, 1.54) is 17.0 Å². The van der Waals surface area contributed by atoms with Crippen LogP contribution in [0.4, 0.5) is 24.5 Å². The minimum absolute atomic E-state index is 0.000543. The molecule has 7 nitrogen and oxygen atoms in total. The average Bonchev–Trinajstić information content (AvgIpc) is 2.61. The van der Waals surface area contributed by atoms with Gasteiger partial charge < -0.3 is 20.7 Å². The van der Waals surface area contributed by atoms with Gasteiger partial charge in [0.2, 0.25) is 5.91 Å². The number of likely N-dealkylation sites (N-methyl/N-ethyl adjacent to an activating group) is 1. The molecule has 1 saturated heterocycles. The molecule has 10 heteroatoms. The summed E-state index contributed by atoms with van der Waals surface area (Å²) in [6.07, 6.45) is -1.76. The first-order valence-electron chi connectivity index (χ1n) is 9.54. The molecule has 2 fully saturated rings. The highest BCUT2D eigenvalue weighted by molar-refractivity contribution is 5.98. The van der Waals surface area contributed by atoms with E-state index in [9.17, 15) is 22.8 Å². The molecule has 1 aliphatic heterocycles. The third kappa shape index (κ3) is 4.71. The minimum Gasteiger partial charge on any atom is -0.370 e. The lowest BCUT2D eigenvalue weighted by Crippen LogP contribution is -2.52. The van der Waals surface area contributed by atoms with Crippen LogP contribution in [-0.4, -0.2) is 62.1 Å². The molecule has 0 unspecified atom stereocenters. The second kappa shape index (κ2) is 8.68. The molecule has 0 bridgehead atoms. The van der Waals surface area contributed by atoms with Crippen molar-refractivity contribution in [2.45, 2.75) is 37.5 Å². The molecule has 3 rings (SSSR count). The van der Waals surface area contributed by atoms with Crippen LogP contribution in [0.15, 0.2) is 18.2 Å². The van der Waals surface area contributed by atoms with Crippen LogP contribution in [-0.2, 0) is 20.5 Å². The molecule has 29 heavy (non-hydrogen) atoms. The molecule has 1 atom stereocenters. The zero-order valence-electron chi connectivity index (χ0n) is 16.2. The van der Waals surface area contributed by atoms with E-state index >= 15 is 0 Å². The number of alkyl halides is 3. The number of amides is 2. The van der Waals surface area contributed by atoms with E-state index in [1.54, 1.807) is 7.05 Å². The molecule has 1 aromatic carbocycles. The maximum Gasteiger partial charge on any atom is 0.418 e. The van der Waals surface area contributed by atoms with Gasteiger partial charge in [-0.15, -0.1) is 0 Å². The van der Waals surface area contributed by atoms with Crippen LogP contribution in [0.25, 0.3) is 0 Å². The number of benzene rings is 1. The summed E-state index contributed by atoms with van der Waals surface area (Å²) in [4.78, 5) is 27.7. The summed E-state index contributed by atoms with van der Waals surface area (Å²) >= 11 is 0. The first-order valence-corrected chi connectivity index (χ1v) is 9.54. The lowest BCUT2D eigenvalue weighted by atomic mass is 9.90. The molecule has 0 spiro atoms. The van der Waals surface area contributed by atoms with Crippen molar-refractivity contribution >= 4 is 23.2 Å². The van der Waals surface area contributed by atoms with Gasteiger partial charge >= 0.3 is 6.18 Å². The Hall–Kier alpha value is -2.17. The number of hydrogen-bond acceptors (Lipinski definition) is 5. The van der Waals surface area contributed by atoms with Crippen molar-refractivity contribution in [3.05, 3.63) is 23.8 Å². The summed E-state index contributed by atoms with van der Waals surface area (Å²) in [6, 6.07) is 2.94. The van der Waals surface area contributed by atoms with Gasteiger partial charge in [0.1, 0.15) is 12.6 Å². The molecule has 2 amide bonds. The van der Waals surface area contributed by atoms with E-state index in [1.807, 2.05) is 4.90 Å². The Labute approximate surface area is 167 Å². The molecule has 1 aromatic rings. The highest BCUT2D eigenvalue weighted by Gasteiger charge is 2.37. The van der Waals surface area contributed by atoms with Crippen molar-refractivity contribution in [1.82, 2.24) is 4.90 Å². The number of anilines is 2. The number of rotatable bonds is 6. The first kappa shape index (κ1) is 21.5. The predicted octanol–water partition coefficient (Wildman–Crippen LogP) is 1.82. The first-order chi connectivity index (χ1) is 13.7. The fraction of sp³-hybridized carbons (Fsp3) is 0.579. The summed E-state index contributed by atoms with van der Waals surface area (Å²) < 4.78 is 46.0. The fourth-order valence-electron chi connectivity index (χ4n) is 3.56. The Morgan fingerprint density at radius 2 is 2.14 bits per heavy atom. The van der Waals surface area contributed by atoms with E-state index in [4.69, 9.17) is 10.5 Å². The van der Waals surface area contributed by atoms with Crippen LogP contribution in [0.2, 0.25) is 0 Å². The van der Waals surface area contributed by atoms with Gasteiger partial charge in [-0.25, -0.2) is 0 Å². The topological polar surface area (TPSA) is 87.9 Å². The van der Waals surface area contributed by atoms with Crippen molar-refractivity contribution < 1.29 is 27.5 Å². The van der Waals surface area contributed by atoms with E-state index in [-0.39, 0.29) is 43.7 Å². The van der Waals surface area contributed by atoms with Crippen LogP contribution in [0.1, 0.15) is 24.8 Å². The minimum atomic E-state index is -4.70. The SMILES string of the molecule is CN(C1CCC1)[C@H](CN)C(=O)Nc1ccc(N2CCOCC2=O)cc1C(F)(F)F. The largest absolute Gasteiger partial charge is 0.418 e. The zero-order chi connectivity index (χ0) is 21.2. The number of nitrogens with one attached hydrogen (secondary N) is 1. The van der Waals surface area contributed by atoms with Crippen LogP contribution < -0.4 is 16.0 Å². The maximum absolute atomic E-state index is 13.7. The molecule has 0 aromatic heterocycles. The molecular weight excluding hydrogens is 389 g/mol. The molecule has 3 N–H and O–H groups in total. The summed E-state index contributed by atoms with van der Waals surface area (Å²) in [5, 5.41) is 2.38. The second-order valence-corrected chi connectivity index (χ2v) is 7.32. The van der Waals surface area contributed by atoms with Gasteiger partial charge in [0.15, 0.2) is 0 Å². The Morgan fingerprint density at radius 1 is 1.41 bits per heavy atom. The van der Waals surface area contributed by atoms with E-state index < -0.39 is 29.6 Å². The number of carbonyl (C=O) groups excluding carboxylic acids is 2. The van der Waals surface area contributed by atoms with Gasteiger partial charge in [0.05, 0.1) is 17.9 Å². The summed E-state index contributed by atoms with van der Waals surface area (Å²) in [7, 11) is 1.76. The van der Waals surface area contributed by atoms with Gasteiger partial charge in [0.25, 0.3) is 5.91 Å². The number of hydrogen-bond donors (Lipinski definition) is 2. The molecule has 1 saturated carbocycles. The van der Waals surface area contributed by atoms with Gasteiger partial charge in [-0.2, -0.15) is 13.2 Å². The van der Waals surface area contributed by atoms with Crippen LogP contribution in [0, 0.1) is 0 Å². The quantitative estimate of drug-likeness (QED) is 0.742. The molecule has 0 radical (unpaired) electrons. The lowest BCUT2D eigenvalue weighted by Gasteiger charge is -2.38. The van der Waals surface area contributed by atoms with E-state index in [2.05, 4.69) is 5.32 Å². The number of nitrogens with zero attached hydrogens (tertiary/aromatic N) is 2. The number of nitrogens with two attached hydrogens (primary N) is 1. The molecule has 1 aliphatic carbocycles. The van der Waals surface area contributed by atoms with Gasteiger partial charge in [-0.05, 0) is 38.1 Å². The Morgan fingerprint density at radius 3 is 2.69 bits per heavy atom. The Bertz CT molecular complexity index is 768. The van der Waals surface area contributed by atoms with Crippen molar-refractivity contribution in [3.8, 4) is 0 Å². The molecule has 1 heterocycles. The molecule has 160 valence electrons. The zero-order valence-corrected chi connectivity index (χ0v) is 16.2. The van der Waals surface area contributed by atoms with E-state index in [0.717, 1.165) is 25.3 Å². The number of halogens is 3.